The maximum absolute atomic E-state index is 14.0. The molecule has 0 saturated carbocycles. The topological polar surface area (TPSA) is 73.3 Å². The van der Waals surface area contributed by atoms with Crippen molar-refractivity contribution in [3.8, 4) is 11.1 Å². The van der Waals surface area contributed by atoms with Crippen LogP contribution in [-0.2, 0) is 22.6 Å². The third-order valence-corrected chi connectivity index (χ3v) is 8.10. The number of hydrogen-bond acceptors (Lipinski definition) is 5. The van der Waals surface area contributed by atoms with Crippen LogP contribution in [0.5, 0.6) is 0 Å². The van der Waals surface area contributed by atoms with E-state index in [1.165, 1.54) is 0 Å². The SMILES string of the molecule is C[C@@H]1CN([C@@H](C)CO)C(=O)c2ccccc2-c2ccccc2CO[C@H]1CN(C)C(=O)[C@H](Cc1ccccc1)N(C)C. The van der Waals surface area contributed by atoms with Crippen LogP contribution >= 0.6 is 0 Å². The summed E-state index contributed by atoms with van der Waals surface area (Å²) < 4.78 is 6.60. The fourth-order valence-electron chi connectivity index (χ4n) is 5.49. The summed E-state index contributed by atoms with van der Waals surface area (Å²) in [5, 5.41) is 10.1. The Morgan fingerprint density at radius 2 is 1.56 bits per heavy atom. The van der Waals surface area contributed by atoms with Crippen LogP contribution in [0.2, 0.25) is 0 Å². The number of rotatable bonds is 8. The summed E-state index contributed by atoms with van der Waals surface area (Å²) in [6.07, 6.45) is 0.277. The molecule has 1 aliphatic rings. The Bertz CT molecular complexity index is 1310. The number of aliphatic hydroxyl groups is 1. The van der Waals surface area contributed by atoms with Gasteiger partial charge in [-0.15, -0.1) is 0 Å². The Labute approximate surface area is 244 Å². The van der Waals surface area contributed by atoms with Crippen molar-refractivity contribution in [1.29, 1.82) is 0 Å². The van der Waals surface area contributed by atoms with E-state index in [0.717, 1.165) is 22.3 Å². The van der Waals surface area contributed by atoms with Crippen LogP contribution in [0, 0.1) is 5.92 Å². The molecule has 0 spiro atoms. The Balaban J connectivity index is 1.65. The minimum Gasteiger partial charge on any atom is -0.394 e. The summed E-state index contributed by atoms with van der Waals surface area (Å²) in [4.78, 5) is 33.2. The highest BCUT2D eigenvalue weighted by Gasteiger charge is 2.32. The Morgan fingerprint density at radius 1 is 0.951 bits per heavy atom. The second kappa shape index (κ2) is 13.9. The number of amides is 2. The first-order valence-corrected chi connectivity index (χ1v) is 14.4. The predicted octanol–water partition coefficient (Wildman–Crippen LogP) is 4.34. The fraction of sp³-hybridized carbons (Fsp3) is 0.412. The van der Waals surface area contributed by atoms with Gasteiger partial charge in [-0.1, -0.05) is 79.7 Å². The molecule has 3 aromatic rings. The number of carbonyl (C=O) groups excluding carboxylic acids is 2. The highest BCUT2D eigenvalue weighted by molar-refractivity contribution is 6.01. The van der Waals surface area contributed by atoms with Crippen LogP contribution in [0.15, 0.2) is 78.9 Å². The zero-order valence-electron chi connectivity index (χ0n) is 24.9. The maximum Gasteiger partial charge on any atom is 0.254 e. The van der Waals surface area contributed by atoms with Gasteiger partial charge >= 0.3 is 0 Å². The number of likely N-dealkylation sites (N-methyl/N-ethyl adjacent to an activating group) is 2. The maximum atomic E-state index is 14.0. The lowest BCUT2D eigenvalue weighted by Crippen LogP contribution is -2.50. The van der Waals surface area contributed by atoms with Crippen LogP contribution < -0.4 is 0 Å². The highest BCUT2D eigenvalue weighted by atomic mass is 16.5. The van der Waals surface area contributed by atoms with Crippen LogP contribution in [0.1, 0.15) is 35.3 Å². The van der Waals surface area contributed by atoms with E-state index in [4.69, 9.17) is 4.74 Å². The normalized spacial score (nSPS) is 19.1. The molecule has 2 amide bonds. The lowest BCUT2D eigenvalue weighted by Gasteiger charge is -2.36. The molecule has 0 saturated heterocycles. The van der Waals surface area contributed by atoms with E-state index in [2.05, 4.69) is 6.92 Å². The molecule has 1 heterocycles. The van der Waals surface area contributed by atoms with Gasteiger partial charge in [-0.05, 0) is 55.8 Å². The molecule has 1 N–H and O–H groups in total. The molecule has 7 heteroatoms. The Hall–Kier alpha value is -3.52. The zero-order chi connectivity index (χ0) is 29.5. The molecular formula is C34H43N3O4. The number of fused-ring (bicyclic) bond motifs is 3. The van der Waals surface area contributed by atoms with Crippen LogP contribution in [0.25, 0.3) is 11.1 Å². The number of aliphatic hydroxyl groups excluding tert-OH is 1. The van der Waals surface area contributed by atoms with Crippen molar-refractivity contribution in [3.05, 3.63) is 95.6 Å². The third-order valence-electron chi connectivity index (χ3n) is 8.10. The van der Waals surface area contributed by atoms with Gasteiger partial charge in [0.25, 0.3) is 5.91 Å². The average molecular weight is 558 g/mol. The van der Waals surface area contributed by atoms with E-state index in [1.807, 2.05) is 112 Å². The first kappa shape index (κ1) is 30.4. The van der Waals surface area contributed by atoms with E-state index in [0.29, 0.717) is 31.7 Å². The van der Waals surface area contributed by atoms with E-state index in [1.54, 1.807) is 9.80 Å². The van der Waals surface area contributed by atoms with Crippen LogP contribution in [0.4, 0.5) is 0 Å². The summed E-state index contributed by atoms with van der Waals surface area (Å²) in [6.45, 7) is 4.88. The number of ether oxygens (including phenoxy) is 1. The molecule has 1 aliphatic heterocycles. The number of nitrogens with zero attached hydrogens (tertiary/aromatic N) is 3. The van der Waals surface area contributed by atoms with Gasteiger partial charge in [-0.2, -0.15) is 0 Å². The van der Waals surface area contributed by atoms with E-state index in [-0.39, 0.29) is 42.5 Å². The second-order valence-electron chi connectivity index (χ2n) is 11.4. The van der Waals surface area contributed by atoms with Gasteiger partial charge in [-0.3, -0.25) is 14.5 Å². The zero-order valence-corrected chi connectivity index (χ0v) is 24.9. The quantitative estimate of drug-likeness (QED) is 0.446. The minimum atomic E-state index is -0.377. The van der Waals surface area contributed by atoms with Crippen LogP contribution in [-0.4, -0.2) is 90.6 Å². The summed E-state index contributed by atoms with van der Waals surface area (Å²) in [7, 11) is 5.69. The van der Waals surface area contributed by atoms with E-state index in [9.17, 15) is 14.7 Å². The van der Waals surface area contributed by atoms with Gasteiger partial charge in [-0.25, -0.2) is 0 Å². The van der Waals surface area contributed by atoms with E-state index < -0.39 is 0 Å². The molecule has 4 atom stereocenters. The Kier molecular flexibility index (Phi) is 10.3. The molecule has 41 heavy (non-hydrogen) atoms. The summed E-state index contributed by atoms with van der Waals surface area (Å²) in [6, 6.07) is 25.0. The third kappa shape index (κ3) is 7.22. The van der Waals surface area contributed by atoms with Gasteiger partial charge in [0.05, 0.1) is 31.4 Å². The minimum absolute atomic E-state index is 0.0217. The number of hydrogen-bond donors (Lipinski definition) is 1. The number of benzene rings is 3. The van der Waals surface area contributed by atoms with E-state index >= 15 is 0 Å². The standard InChI is InChI=1S/C34H43N3O4/c1-24-20-37(25(2)22-38)33(39)30-18-12-11-17-29(30)28-16-10-9-15-27(28)23-41-32(24)21-36(5)34(40)31(35(3)4)19-26-13-7-6-8-14-26/h6-18,24-25,31-32,38H,19-23H2,1-5H3/t24-,25+,31+,32+/m1/s1. The van der Waals surface area contributed by atoms with Crippen molar-refractivity contribution >= 4 is 11.8 Å². The fourth-order valence-corrected chi connectivity index (χ4v) is 5.49. The largest absolute Gasteiger partial charge is 0.394 e. The molecule has 0 aromatic heterocycles. The summed E-state index contributed by atoms with van der Waals surface area (Å²) in [5.74, 6) is -0.203. The molecule has 7 nitrogen and oxygen atoms in total. The van der Waals surface area contributed by atoms with Crippen molar-refractivity contribution in [3.63, 3.8) is 0 Å². The lowest BCUT2D eigenvalue weighted by atomic mass is 9.94. The molecule has 0 fully saturated rings. The van der Waals surface area contributed by atoms with Crippen molar-refractivity contribution in [1.82, 2.24) is 14.7 Å². The smallest absolute Gasteiger partial charge is 0.254 e. The van der Waals surface area contributed by atoms with Crippen molar-refractivity contribution < 1.29 is 19.4 Å². The van der Waals surface area contributed by atoms with Crippen molar-refractivity contribution in [2.24, 2.45) is 5.92 Å². The first-order valence-electron chi connectivity index (χ1n) is 14.4. The molecular weight excluding hydrogens is 514 g/mol. The molecule has 0 aliphatic carbocycles. The number of carbonyl (C=O) groups is 2. The predicted molar refractivity (Wildman–Crippen MR) is 162 cm³/mol. The summed E-state index contributed by atoms with van der Waals surface area (Å²) >= 11 is 0. The molecule has 218 valence electrons. The average Bonchev–Trinajstić information content (AvgIpc) is 3.01. The lowest BCUT2D eigenvalue weighted by molar-refractivity contribution is -0.137. The molecule has 4 rings (SSSR count). The Morgan fingerprint density at radius 3 is 2.22 bits per heavy atom. The first-order chi connectivity index (χ1) is 19.7. The molecule has 0 radical (unpaired) electrons. The van der Waals surface area contributed by atoms with Crippen molar-refractivity contribution in [2.75, 3.05) is 40.8 Å². The second-order valence-corrected chi connectivity index (χ2v) is 11.4. The van der Waals surface area contributed by atoms with Gasteiger partial charge < -0.3 is 19.6 Å². The molecule has 0 bridgehead atoms. The van der Waals surface area contributed by atoms with Crippen molar-refractivity contribution in [2.45, 2.75) is 45.1 Å². The van der Waals surface area contributed by atoms with Gasteiger partial charge in [0.1, 0.15) is 0 Å². The van der Waals surface area contributed by atoms with Gasteiger partial charge in [0.2, 0.25) is 5.91 Å². The summed E-state index contributed by atoms with van der Waals surface area (Å²) in [5.41, 5.74) is 4.49. The van der Waals surface area contributed by atoms with Gasteiger partial charge in [0.15, 0.2) is 0 Å². The molecule has 3 aromatic carbocycles. The van der Waals surface area contributed by atoms with Gasteiger partial charge in [0, 0.05) is 31.6 Å². The monoisotopic (exact) mass is 557 g/mol. The highest BCUT2D eigenvalue weighted by Crippen LogP contribution is 2.31. The molecule has 0 unspecified atom stereocenters. The van der Waals surface area contributed by atoms with Crippen LogP contribution in [0.3, 0.4) is 0 Å².